The van der Waals surface area contributed by atoms with Crippen molar-refractivity contribution < 1.29 is 9.90 Å². The number of rotatable bonds is 9. The van der Waals surface area contributed by atoms with Gasteiger partial charge < -0.3 is 5.11 Å². The van der Waals surface area contributed by atoms with Gasteiger partial charge in [-0.15, -0.1) is 10.2 Å². The molecule has 0 aliphatic heterocycles. The topological polar surface area (TPSA) is 122 Å². The van der Waals surface area contributed by atoms with Crippen molar-refractivity contribution in [2.24, 2.45) is 11.8 Å². The second-order valence-electron chi connectivity index (χ2n) is 10.5. The first-order valence-electron chi connectivity index (χ1n) is 13.5. The first-order chi connectivity index (χ1) is 18.4. The second kappa shape index (κ2) is 11.2. The third-order valence-electron chi connectivity index (χ3n) is 8.12. The number of carbonyl (C=O) groups is 1. The Hall–Kier alpha value is -3.88. The maximum atomic E-state index is 11.4. The highest BCUT2D eigenvalue weighted by molar-refractivity contribution is 5.80. The molecule has 1 aliphatic carbocycles. The van der Waals surface area contributed by atoms with Crippen LogP contribution in [0, 0.1) is 11.8 Å². The summed E-state index contributed by atoms with van der Waals surface area (Å²) in [6, 6.07) is 16.6. The highest BCUT2D eigenvalue weighted by atomic mass is 16.4. The lowest BCUT2D eigenvalue weighted by molar-refractivity contribution is -0.143. The number of aliphatic carboxylic acids is 1. The van der Waals surface area contributed by atoms with Crippen molar-refractivity contribution in [1.29, 1.82) is 0 Å². The van der Waals surface area contributed by atoms with Crippen LogP contribution in [0.15, 0.2) is 48.5 Å². The number of nitrogens with zero attached hydrogens (tertiary/aromatic N) is 6. The zero-order valence-corrected chi connectivity index (χ0v) is 22.2. The molecular weight excluding hydrogens is 478 g/mol. The van der Waals surface area contributed by atoms with Gasteiger partial charge >= 0.3 is 5.97 Å². The summed E-state index contributed by atoms with van der Waals surface area (Å²) in [4.78, 5) is 16.4. The number of carboxylic acids is 1. The molecule has 9 nitrogen and oxygen atoms in total. The summed E-state index contributed by atoms with van der Waals surface area (Å²) in [5.41, 5.74) is 4.20. The molecule has 38 heavy (non-hydrogen) atoms. The van der Waals surface area contributed by atoms with Crippen LogP contribution in [0.5, 0.6) is 0 Å². The van der Waals surface area contributed by atoms with Gasteiger partial charge in [0.25, 0.3) is 0 Å². The lowest BCUT2D eigenvalue weighted by Crippen LogP contribution is -2.25. The van der Waals surface area contributed by atoms with Crippen LogP contribution in [0.3, 0.4) is 0 Å². The summed E-state index contributed by atoms with van der Waals surface area (Å²) in [7, 11) is 0. The van der Waals surface area contributed by atoms with E-state index in [2.05, 4.69) is 76.4 Å². The molecule has 0 amide bonds. The predicted octanol–water partition coefficient (Wildman–Crippen LogP) is 5.68. The average molecular weight is 514 g/mol. The Balaban J connectivity index is 1.38. The van der Waals surface area contributed by atoms with Gasteiger partial charge in [-0.3, -0.25) is 4.79 Å². The summed E-state index contributed by atoms with van der Waals surface area (Å²) < 4.78 is 2.07. The SMILES string of the molecule is CCC(C)c1nc(C(C)C2CCC(C(=O)O)CC2)n(Cc2ccc(-c3ccccc3-c3nn[nH]n3)cc2)n1. The molecule has 2 heterocycles. The minimum Gasteiger partial charge on any atom is -0.481 e. The highest BCUT2D eigenvalue weighted by Gasteiger charge is 2.32. The Bertz CT molecular complexity index is 1360. The van der Waals surface area contributed by atoms with Crippen molar-refractivity contribution in [3.63, 3.8) is 0 Å². The Labute approximate surface area is 222 Å². The van der Waals surface area contributed by atoms with E-state index >= 15 is 0 Å². The molecule has 2 atom stereocenters. The molecule has 0 radical (unpaired) electrons. The van der Waals surface area contributed by atoms with E-state index in [1.54, 1.807) is 0 Å². The number of nitrogens with one attached hydrogen (secondary N) is 1. The molecule has 198 valence electrons. The second-order valence-corrected chi connectivity index (χ2v) is 10.5. The Morgan fingerprint density at radius 1 is 1.05 bits per heavy atom. The Kier molecular flexibility index (Phi) is 7.62. The van der Waals surface area contributed by atoms with E-state index in [1.807, 2.05) is 18.2 Å². The van der Waals surface area contributed by atoms with Gasteiger partial charge in [-0.1, -0.05) is 69.3 Å². The maximum Gasteiger partial charge on any atom is 0.306 e. The molecule has 2 unspecified atom stereocenters. The number of tetrazole rings is 1. The third-order valence-corrected chi connectivity index (χ3v) is 8.12. The first-order valence-corrected chi connectivity index (χ1v) is 13.5. The van der Waals surface area contributed by atoms with Crippen LogP contribution in [-0.2, 0) is 11.3 Å². The number of aromatic nitrogens is 7. The molecule has 2 aromatic heterocycles. The molecule has 1 saturated carbocycles. The monoisotopic (exact) mass is 513 g/mol. The minimum atomic E-state index is -0.665. The van der Waals surface area contributed by atoms with Crippen LogP contribution in [0.2, 0.25) is 0 Å². The maximum absolute atomic E-state index is 11.4. The summed E-state index contributed by atoms with van der Waals surface area (Å²) in [5, 5.41) is 28.9. The summed E-state index contributed by atoms with van der Waals surface area (Å²) in [6.45, 7) is 7.19. The summed E-state index contributed by atoms with van der Waals surface area (Å²) >= 11 is 0. The molecule has 1 aliphatic rings. The van der Waals surface area contributed by atoms with Gasteiger partial charge in [0.1, 0.15) is 5.82 Å². The average Bonchev–Trinajstić information content (AvgIpc) is 3.64. The van der Waals surface area contributed by atoms with E-state index in [-0.39, 0.29) is 17.8 Å². The molecule has 4 aromatic rings. The number of aromatic amines is 1. The smallest absolute Gasteiger partial charge is 0.306 e. The third kappa shape index (κ3) is 5.37. The fourth-order valence-electron chi connectivity index (χ4n) is 5.46. The molecule has 0 spiro atoms. The molecular formula is C29H35N7O2. The number of H-pyrrole nitrogens is 1. The van der Waals surface area contributed by atoms with Gasteiger partial charge in [0, 0.05) is 17.4 Å². The largest absolute Gasteiger partial charge is 0.481 e. The normalized spacial score (nSPS) is 19.2. The fraction of sp³-hybridized carbons (Fsp3) is 0.448. The van der Waals surface area contributed by atoms with Crippen molar-refractivity contribution in [2.45, 2.75) is 71.3 Å². The van der Waals surface area contributed by atoms with Gasteiger partial charge in [0.2, 0.25) is 5.82 Å². The minimum absolute atomic E-state index is 0.212. The zero-order chi connectivity index (χ0) is 26.6. The number of benzene rings is 2. The van der Waals surface area contributed by atoms with Crippen molar-refractivity contribution >= 4 is 5.97 Å². The van der Waals surface area contributed by atoms with Gasteiger partial charge in [0.15, 0.2) is 5.82 Å². The van der Waals surface area contributed by atoms with E-state index in [9.17, 15) is 9.90 Å². The number of hydrogen-bond donors (Lipinski definition) is 2. The van der Waals surface area contributed by atoms with E-state index in [1.165, 1.54) is 0 Å². The fourth-order valence-corrected chi connectivity index (χ4v) is 5.46. The van der Waals surface area contributed by atoms with Crippen molar-refractivity contribution in [3.05, 3.63) is 65.7 Å². The van der Waals surface area contributed by atoms with E-state index < -0.39 is 5.97 Å². The van der Waals surface area contributed by atoms with Gasteiger partial charge in [0.05, 0.1) is 12.5 Å². The molecule has 9 heteroatoms. The number of carboxylic acid groups (broad SMARTS) is 1. The quantitative estimate of drug-likeness (QED) is 0.295. The molecule has 2 N–H and O–H groups in total. The Morgan fingerprint density at radius 3 is 2.39 bits per heavy atom. The number of hydrogen-bond acceptors (Lipinski definition) is 6. The predicted molar refractivity (Wildman–Crippen MR) is 144 cm³/mol. The lowest BCUT2D eigenvalue weighted by Gasteiger charge is -2.30. The highest BCUT2D eigenvalue weighted by Crippen LogP contribution is 2.38. The first kappa shape index (κ1) is 25.8. The van der Waals surface area contributed by atoms with Gasteiger partial charge in [-0.2, -0.15) is 10.3 Å². The van der Waals surface area contributed by atoms with Crippen LogP contribution in [0.4, 0.5) is 0 Å². The van der Waals surface area contributed by atoms with Crippen LogP contribution < -0.4 is 0 Å². The molecule has 5 rings (SSSR count). The van der Waals surface area contributed by atoms with Crippen molar-refractivity contribution in [1.82, 2.24) is 35.4 Å². The lowest BCUT2D eigenvalue weighted by atomic mass is 9.76. The van der Waals surface area contributed by atoms with Crippen molar-refractivity contribution in [3.8, 4) is 22.5 Å². The molecule has 2 aromatic carbocycles. The van der Waals surface area contributed by atoms with E-state index in [0.29, 0.717) is 18.3 Å². The van der Waals surface area contributed by atoms with Crippen LogP contribution in [0.25, 0.3) is 22.5 Å². The molecule has 1 fully saturated rings. The van der Waals surface area contributed by atoms with Crippen LogP contribution >= 0.6 is 0 Å². The van der Waals surface area contributed by atoms with Gasteiger partial charge in [-0.05, 0) is 59.9 Å². The summed E-state index contributed by atoms with van der Waals surface area (Å²) in [6.07, 6.45) is 4.29. The van der Waals surface area contributed by atoms with E-state index in [4.69, 9.17) is 10.1 Å². The zero-order valence-electron chi connectivity index (χ0n) is 22.2. The molecule has 0 bridgehead atoms. The molecule has 0 saturated heterocycles. The summed E-state index contributed by atoms with van der Waals surface area (Å²) in [5.74, 6) is 2.51. The van der Waals surface area contributed by atoms with E-state index in [0.717, 1.165) is 66.0 Å². The standard InChI is InChI=1S/C29H35N7O2/c1-4-18(2)26-30-28(19(3)21-13-15-23(16-14-21)29(37)38)36(33-26)17-20-9-11-22(12-10-20)24-7-5-6-8-25(24)27-31-34-35-32-27/h5-12,18-19,21,23H,4,13-17H2,1-3H3,(H,37,38)(H,31,32,34,35). The van der Waals surface area contributed by atoms with Crippen LogP contribution in [0.1, 0.15) is 81.9 Å². The van der Waals surface area contributed by atoms with Gasteiger partial charge in [-0.25, -0.2) is 9.67 Å². The van der Waals surface area contributed by atoms with Crippen LogP contribution in [-0.4, -0.2) is 46.5 Å². The van der Waals surface area contributed by atoms with Crippen molar-refractivity contribution in [2.75, 3.05) is 0 Å². The Morgan fingerprint density at radius 2 is 1.76 bits per heavy atom.